The number of methoxy groups -OCH3 is 1. The number of carbonyl (C=O) groups excluding carboxylic acids is 1. The summed E-state index contributed by atoms with van der Waals surface area (Å²) in [6, 6.07) is 17.3. The maximum Gasteiger partial charge on any atom is 0.255 e. The highest BCUT2D eigenvalue weighted by molar-refractivity contribution is 14.1. The minimum Gasteiger partial charge on any atom is -0.496 e. The fraction of sp³-hybridized carbons (Fsp3) is 0.136. The topological polar surface area (TPSA) is 75.7 Å². The van der Waals surface area contributed by atoms with Crippen LogP contribution >= 0.6 is 22.6 Å². The van der Waals surface area contributed by atoms with Gasteiger partial charge in [-0.05, 0) is 89.3 Å². The van der Waals surface area contributed by atoms with Crippen LogP contribution < -0.4 is 14.4 Å². The lowest BCUT2D eigenvalue weighted by Crippen LogP contribution is -2.29. The molecule has 0 atom stereocenters. The number of halogens is 2. The zero-order valence-electron chi connectivity index (χ0n) is 16.8. The summed E-state index contributed by atoms with van der Waals surface area (Å²) < 4.78 is 45.7. The number of nitrogens with one attached hydrogen (secondary N) is 1. The number of amides is 1. The van der Waals surface area contributed by atoms with Crippen molar-refractivity contribution >= 4 is 49.9 Å². The molecular formula is C22H20FIN2O4S. The number of sulfonamides is 1. The second kappa shape index (κ2) is 9.65. The van der Waals surface area contributed by atoms with Crippen LogP contribution in [-0.4, -0.2) is 27.7 Å². The molecule has 0 bridgehead atoms. The molecule has 3 rings (SSSR count). The summed E-state index contributed by atoms with van der Waals surface area (Å²) in [7, 11) is -2.22. The van der Waals surface area contributed by atoms with Gasteiger partial charge in [0, 0.05) is 20.4 Å². The summed E-state index contributed by atoms with van der Waals surface area (Å²) in [6.45, 7) is -0.0850. The number of ether oxygens (including phenoxy) is 1. The van der Waals surface area contributed by atoms with E-state index in [2.05, 4.69) is 27.9 Å². The first-order valence-corrected chi connectivity index (χ1v) is 12.1. The molecule has 0 saturated heterocycles. The summed E-state index contributed by atoms with van der Waals surface area (Å²) >= 11 is 2.18. The number of benzene rings is 3. The van der Waals surface area contributed by atoms with Gasteiger partial charge in [-0.2, -0.15) is 0 Å². The van der Waals surface area contributed by atoms with Crippen LogP contribution in [0.25, 0.3) is 0 Å². The minimum atomic E-state index is -3.69. The Kier molecular flexibility index (Phi) is 7.16. The van der Waals surface area contributed by atoms with Crippen LogP contribution in [-0.2, 0) is 16.6 Å². The van der Waals surface area contributed by atoms with E-state index in [1.165, 1.54) is 31.4 Å². The van der Waals surface area contributed by atoms with Crippen molar-refractivity contribution in [2.75, 3.05) is 23.0 Å². The Balaban J connectivity index is 1.92. The fourth-order valence-corrected chi connectivity index (χ4v) is 4.18. The molecule has 0 saturated carbocycles. The molecule has 3 aromatic rings. The molecule has 162 valence electrons. The Morgan fingerprint density at radius 1 is 1.06 bits per heavy atom. The number of carbonyl (C=O) groups is 1. The molecule has 0 aliphatic carbocycles. The third-order valence-corrected chi connectivity index (χ3v) is 6.33. The number of hydrogen-bond acceptors (Lipinski definition) is 4. The van der Waals surface area contributed by atoms with Crippen LogP contribution in [0.15, 0.2) is 66.7 Å². The van der Waals surface area contributed by atoms with Crippen LogP contribution in [0.3, 0.4) is 0 Å². The third-order valence-electron chi connectivity index (χ3n) is 4.47. The Morgan fingerprint density at radius 2 is 1.71 bits per heavy atom. The first kappa shape index (κ1) is 23.0. The van der Waals surface area contributed by atoms with Gasteiger partial charge in [0.05, 0.1) is 25.6 Å². The standard InChI is InChI=1S/C22H20FIN2O4S/c1-30-21-12-3-15(22(27)25-19-8-6-18(24)7-9-19)13-16(21)14-26(31(2,28)29)20-10-4-17(23)5-11-20/h3-13H,14H2,1-2H3,(H,25,27). The normalized spacial score (nSPS) is 11.1. The van der Waals surface area contributed by atoms with Crippen molar-refractivity contribution in [2.45, 2.75) is 6.54 Å². The van der Waals surface area contributed by atoms with E-state index in [0.29, 0.717) is 28.3 Å². The monoisotopic (exact) mass is 554 g/mol. The molecule has 9 heteroatoms. The van der Waals surface area contributed by atoms with E-state index in [0.717, 1.165) is 14.1 Å². The number of anilines is 2. The van der Waals surface area contributed by atoms with E-state index in [1.807, 2.05) is 12.1 Å². The minimum absolute atomic E-state index is 0.0850. The Bertz CT molecular complexity index is 1180. The zero-order valence-corrected chi connectivity index (χ0v) is 19.8. The largest absolute Gasteiger partial charge is 0.496 e. The van der Waals surface area contributed by atoms with Crippen molar-refractivity contribution < 1.29 is 22.3 Å². The van der Waals surface area contributed by atoms with Crippen LogP contribution in [0, 0.1) is 9.39 Å². The van der Waals surface area contributed by atoms with E-state index in [9.17, 15) is 17.6 Å². The third kappa shape index (κ3) is 5.95. The Labute approximate surface area is 194 Å². The second-order valence-electron chi connectivity index (χ2n) is 6.73. The van der Waals surface area contributed by atoms with E-state index in [4.69, 9.17) is 4.74 Å². The molecule has 31 heavy (non-hydrogen) atoms. The van der Waals surface area contributed by atoms with Gasteiger partial charge < -0.3 is 10.1 Å². The van der Waals surface area contributed by atoms with Gasteiger partial charge in [-0.25, -0.2) is 12.8 Å². The Hall–Kier alpha value is -2.66. The average Bonchev–Trinajstić information content (AvgIpc) is 2.73. The summed E-state index contributed by atoms with van der Waals surface area (Å²) in [5, 5.41) is 2.81. The van der Waals surface area contributed by atoms with Crippen molar-refractivity contribution in [1.29, 1.82) is 0 Å². The van der Waals surface area contributed by atoms with Gasteiger partial charge in [-0.3, -0.25) is 9.10 Å². The first-order chi connectivity index (χ1) is 14.7. The highest BCUT2D eigenvalue weighted by Crippen LogP contribution is 2.27. The van der Waals surface area contributed by atoms with Gasteiger partial charge >= 0.3 is 0 Å². The van der Waals surface area contributed by atoms with Gasteiger partial charge in [0.2, 0.25) is 10.0 Å². The highest BCUT2D eigenvalue weighted by Gasteiger charge is 2.21. The molecule has 0 aliphatic heterocycles. The van der Waals surface area contributed by atoms with E-state index in [-0.39, 0.29) is 12.5 Å². The maximum absolute atomic E-state index is 13.3. The summed E-state index contributed by atoms with van der Waals surface area (Å²) in [5.41, 5.74) is 1.79. The summed E-state index contributed by atoms with van der Waals surface area (Å²) in [5.74, 6) is -0.372. The quantitative estimate of drug-likeness (QED) is 0.432. The molecule has 6 nitrogen and oxygen atoms in total. The zero-order chi connectivity index (χ0) is 22.6. The van der Waals surface area contributed by atoms with E-state index >= 15 is 0 Å². The van der Waals surface area contributed by atoms with Crippen LogP contribution in [0.5, 0.6) is 5.75 Å². The molecule has 0 aliphatic rings. The molecular weight excluding hydrogens is 534 g/mol. The van der Waals surface area contributed by atoms with Crippen molar-refractivity contribution in [3.05, 3.63) is 87.2 Å². The van der Waals surface area contributed by atoms with Crippen molar-refractivity contribution in [3.63, 3.8) is 0 Å². The fourth-order valence-electron chi connectivity index (χ4n) is 2.94. The molecule has 0 heterocycles. The second-order valence-corrected chi connectivity index (χ2v) is 9.89. The molecule has 0 aromatic heterocycles. The first-order valence-electron chi connectivity index (χ1n) is 9.14. The van der Waals surface area contributed by atoms with Gasteiger partial charge in [0.25, 0.3) is 5.91 Å². The molecule has 3 aromatic carbocycles. The van der Waals surface area contributed by atoms with Gasteiger partial charge in [0.15, 0.2) is 0 Å². The molecule has 1 N–H and O–H groups in total. The van der Waals surface area contributed by atoms with Gasteiger partial charge in [-0.1, -0.05) is 0 Å². The van der Waals surface area contributed by atoms with Crippen LogP contribution in [0.1, 0.15) is 15.9 Å². The average molecular weight is 554 g/mol. The van der Waals surface area contributed by atoms with Crippen LogP contribution in [0.2, 0.25) is 0 Å². The molecule has 0 radical (unpaired) electrons. The number of hydrogen-bond donors (Lipinski definition) is 1. The van der Waals surface area contributed by atoms with Crippen LogP contribution in [0.4, 0.5) is 15.8 Å². The lowest BCUT2D eigenvalue weighted by Gasteiger charge is -2.24. The lowest BCUT2D eigenvalue weighted by molar-refractivity contribution is 0.102. The van der Waals surface area contributed by atoms with Gasteiger partial charge in [0.1, 0.15) is 11.6 Å². The number of nitrogens with zero attached hydrogens (tertiary/aromatic N) is 1. The van der Waals surface area contributed by atoms with E-state index < -0.39 is 15.8 Å². The molecule has 0 spiro atoms. The lowest BCUT2D eigenvalue weighted by atomic mass is 10.1. The maximum atomic E-state index is 13.3. The summed E-state index contributed by atoms with van der Waals surface area (Å²) in [6.07, 6.45) is 1.07. The highest BCUT2D eigenvalue weighted by atomic mass is 127. The smallest absolute Gasteiger partial charge is 0.255 e. The molecule has 0 unspecified atom stereocenters. The van der Waals surface area contributed by atoms with Gasteiger partial charge in [-0.15, -0.1) is 0 Å². The predicted molar refractivity (Wildman–Crippen MR) is 128 cm³/mol. The molecule has 0 fully saturated rings. The molecule has 1 amide bonds. The Morgan fingerprint density at radius 3 is 2.29 bits per heavy atom. The van der Waals surface area contributed by atoms with Crippen molar-refractivity contribution in [3.8, 4) is 5.75 Å². The summed E-state index contributed by atoms with van der Waals surface area (Å²) in [4.78, 5) is 12.7. The van der Waals surface area contributed by atoms with Crippen molar-refractivity contribution in [2.24, 2.45) is 0 Å². The van der Waals surface area contributed by atoms with E-state index in [1.54, 1.807) is 30.3 Å². The predicted octanol–water partition coefficient (Wildman–Crippen LogP) is 4.66. The number of rotatable bonds is 7. The van der Waals surface area contributed by atoms with Crippen molar-refractivity contribution in [1.82, 2.24) is 0 Å². The SMILES string of the molecule is COc1ccc(C(=O)Nc2ccc(I)cc2)cc1CN(c1ccc(F)cc1)S(C)(=O)=O.